The van der Waals surface area contributed by atoms with Crippen LogP contribution >= 0.6 is 11.6 Å². The molecule has 154 valence electrons. The van der Waals surface area contributed by atoms with Crippen LogP contribution in [0, 0.1) is 0 Å². The van der Waals surface area contributed by atoms with Gasteiger partial charge in [0.1, 0.15) is 18.3 Å². The molecule has 0 saturated carbocycles. The summed E-state index contributed by atoms with van der Waals surface area (Å²) in [4.78, 5) is 12.6. The van der Waals surface area contributed by atoms with Gasteiger partial charge < -0.3 is 30.5 Å². The number of aliphatic hydroxyl groups excluding tert-OH is 3. The van der Waals surface area contributed by atoms with Crippen molar-refractivity contribution >= 4 is 28.6 Å². The minimum Gasteiger partial charge on any atom is -0.463 e. The molecule has 1 saturated heterocycles. The number of hydrogen-bond acceptors (Lipinski definition) is 9. The molecule has 5 N–H and O–H groups in total. The van der Waals surface area contributed by atoms with E-state index in [4.69, 9.17) is 26.8 Å². The fourth-order valence-electron chi connectivity index (χ4n) is 3.19. The van der Waals surface area contributed by atoms with Crippen LogP contribution in [-0.4, -0.2) is 66.4 Å². The van der Waals surface area contributed by atoms with Crippen LogP contribution in [-0.2, 0) is 11.2 Å². The highest BCUT2D eigenvalue weighted by Gasteiger charge is 2.44. The molecule has 0 amide bonds. The van der Waals surface area contributed by atoms with Gasteiger partial charge in [-0.05, 0) is 17.7 Å². The predicted octanol–water partition coefficient (Wildman–Crippen LogP) is 0.295. The van der Waals surface area contributed by atoms with Gasteiger partial charge in [-0.15, -0.1) is 0 Å². The molecule has 3 aromatic rings. The zero-order chi connectivity index (χ0) is 20.5. The largest absolute Gasteiger partial charge is 0.463 e. The Morgan fingerprint density at radius 1 is 1.17 bits per heavy atom. The fraction of sp³-hybridized carbons (Fsp3) is 0.389. The third-order valence-corrected chi connectivity index (χ3v) is 5.01. The van der Waals surface area contributed by atoms with Crippen molar-refractivity contribution in [1.29, 1.82) is 0 Å². The van der Waals surface area contributed by atoms with Gasteiger partial charge in [-0.25, -0.2) is 4.98 Å². The maximum Gasteiger partial charge on any atom is 0.320 e. The van der Waals surface area contributed by atoms with Crippen LogP contribution in [0.5, 0.6) is 6.01 Å². The quantitative estimate of drug-likeness (QED) is 0.440. The molecule has 1 unspecified atom stereocenters. The minimum absolute atomic E-state index is 0.0532. The van der Waals surface area contributed by atoms with E-state index in [0.717, 1.165) is 5.56 Å². The van der Waals surface area contributed by atoms with Crippen LogP contribution in [0.4, 0.5) is 5.82 Å². The molecule has 1 aliphatic rings. The Kier molecular flexibility index (Phi) is 5.52. The van der Waals surface area contributed by atoms with Crippen molar-refractivity contribution in [2.45, 2.75) is 31.0 Å². The highest BCUT2D eigenvalue weighted by Crippen LogP contribution is 2.32. The van der Waals surface area contributed by atoms with Crippen molar-refractivity contribution in [2.75, 3.05) is 18.9 Å². The topological polar surface area (TPSA) is 149 Å². The van der Waals surface area contributed by atoms with Crippen LogP contribution in [0.1, 0.15) is 11.8 Å². The van der Waals surface area contributed by atoms with Gasteiger partial charge in [-0.3, -0.25) is 4.57 Å². The van der Waals surface area contributed by atoms with Gasteiger partial charge >= 0.3 is 6.01 Å². The first kappa shape index (κ1) is 19.8. The standard InChI is InChI=1S/C18H20ClN5O5/c19-10-3-1-9(2-4-10)5-6-28-18-22-15(20)12-16(23-18)24(8-21-12)17-14(27)13(26)11(7-25)29-17/h1-4,8,11,13-14,17,25-27H,5-7H2,(H2,20,22,23)/t11-,13+,14?,17-/m1/s1. The van der Waals surface area contributed by atoms with Gasteiger partial charge in [-0.1, -0.05) is 23.7 Å². The lowest BCUT2D eigenvalue weighted by molar-refractivity contribution is -0.0511. The number of imidazole rings is 1. The van der Waals surface area contributed by atoms with E-state index in [1.807, 2.05) is 12.1 Å². The second-order valence-electron chi connectivity index (χ2n) is 6.67. The van der Waals surface area contributed by atoms with Crippen LogP contribution < -0.4 is 10.5 Å². The van der Waals surface area contributed by atoms with Crippen molar-refractivity contribution in [3.8, 4) is 6.01 Å². The zero-order valence-electron chi connectivity index (χ0n) is 15.2. The number of halogens is 1. The van der Waals surface area contributed by atoms with Gasteiger partial charge in [0.25, 0.3) is 0 Å². The number of nitrogen functional groups attached to an aromatic ring is 1. The number of anilines is 1. The third-order valence-electron chi connectivity index (χ3n) is 4.75. The number of hydrogen-bond donors (Lipinski definition) is 4. The fourth-order valence-corrected chi connectivity index (χ4v) is 3.32. The van der Waals surface area contributed by atoms with Crippen molar-refractivity contribution in [2.24, 2.45) is 0 Å². The molecule has 3 heterocycles. The van der Waals surface area contributed by atoms with E-state index < -0.39 is 31.1 Å². The summed E-state index contributed by atoms with van der Waals surface area (Å²) < 4.78 is 12.6. The second-order valence-corrected chi connectivity index (χ2v) is 7.11. The number of benzene rings is 1. The SMILES string of the molecule is Nc1nc(OCCc2ccc(Cl)cc2)nc2c1ncn2[C@@H]1O[C@H](CO)[C@H](O)C1O. The second kappa shape index (κ2) is 8.09. The maximum absolute atomic E-state index is 10.3. The Balaban J connectivity index is 1.54. The van der Waals surface area contributed by atoms with E-state index >= 15 is 0 Å². The monoisotopic (exact) mass is 421 g/mol. The molecule has 10 nitrogen and oxygen atoms in total. The lowest BCUT2D eigenvalue weighted by Gasteiger charge is -2.16. The summed E-state index contributed by atoms with van der Waals surface area (Å²) in [5.41, 5.74) is 7.61. The highest BCUT2D eigenvalue weighted by molar-refractivity contribution is 6.30. The van der Waals surface area contributed by atoms with Crippen molar-refractivity contribution in [1.82, 2.24) is 19.5 Å². The first-order valence-corrected chi connectivity index (χ1v) is 9.35. The summed E-state index contributed by atoms with van der Waals surface area (Å²) in [6, 6.07) is 7.47. The average Bonchev–Trinajstić information content (AvgIpc) is 3.25. The Hall–Kier alpha value is -2.50. The summed E-state index contributed by atoms with van der Waals surface area (Å²) in [6.45, 7) is -0.119. The van der Waals surface area contributed by atoms with Gasteiger partial charge in [0.15, 0.2) is 23.2 Å². The van der Waals surface area contributed by atoms with Crippen LogP contribution in [0.15, 0.2) is 30.6 Å². The molecule has 29 heavy (non-hydrogen) atoms. The van der Waals surface area contributed by atoms with Gasteiger partial charge in [-0.2, -0.15) is 9.97 Å². The lowest BCUT2D eigenvalue weighted by atomic mass is 10.1. The average molecular weight is 422 g/mol. The summed E-state index contributed by atoms with van der Waals surface area (Å²) in [7, 11) is 0. The number of ether oxygens (including phenoxy) is 2. The molecule has 1 aromatic carbocycles. The first-order chi connectivity index (χ1) is 14.0. The number of fused-ring (bicyclic) bond motifs is 1. The third kappa shape index (κ3) is 3.85. The first-order valence-electron chi connectivity index (χ1n) is 8.97. The molecule has 0 spiro atoms. The van der Waals surface area contributed by atoms with E-state index in [-0.39, 0.29) is 17.5 Å². The number of nitrogens with zero attached hydrogens (tertiary/aromatic N) is 4. The van der Waals surface area contributed by atoms with E-state index in [1.54, 1.807) is 12.1 Å². The highest BCUT2D eigenvalue weighted by atomic mass is 35.5. The summed E-state index contributed by atoms with van der Waals surface area (Å²) in [5.74, 6) is 0.113. The molecule has 4 rings (SSSR count). The molecule has 0 radical (unpaired) electrons. The lowest BCUT2D eigenvalue weighted by Crippen LogP contribution is -2.33. The van der Waals surface area contributed by atoms with Gasteiger partial charge in [0.05, 0.1) is 19.5 Å². The Bertz CT molecular complexity index is 998. The predicted molar refractivity (Wildman–Crippen MR) is 103 cm³/mol. The Morgan fingerprint density at radius 3 is 2.62 bits per heavy atom. The van der Waals surface area contributed by atoms with Crippen molar-refractivity contribution < 1.29 is 24.8 Å². The molecule has 4 atom stereocenters. The zero-order valence-corrected chi connectivity index (χ0v) is 16.0. The minimum atomic E-state index is -1.27. The van der Waals surface area contributed by atoms with Crippen LogP contribution in [0.2, 0.25) is 5.02 Å². The summed E-state index contributed by atoms with van der Waals surface area (Å²) in [6.07, 6.45) is -2.41. The maximum atomic E-state index is 10.3. The molecule has 0 bridgehead atoms. The molecule has 1 fully saturated rings. The molecule has 2 aromatic heterocycles. The molecule has 1 aliphatic heterocycles. The number of nitrogens with two attached hydrogens (primary N) is 1. The van der Waals surface area contributed by atoms with E-state index in [2.05, 4.69) is 15.0 Å². The number of aromatic nitrogens is 4. The molecule has 11 heteroatoms. The Morgan fingerprint density at radius 2 is 1.93 bits per heavy atom. The van der Waals surface area contributed by atoms with E-state index in [0.29, 0.717) is 23.6 Å². The summed E-state index contributed by atoms with van der Waals surface area (Å²) in [5, 5.41) is 30.2. The van der Waals surface area contributed by atoms with Crippen LogP contribution in [0.25, 0.3) is 11.2 Å². The number of aliphatic hydroxyl groups is 3. The Labute approximate surface area is 170 Å². The molecule has 0 aliphatic carbocycles. The van der Waals surface area contributed by atoms with E-state index in [1.165, 1.54) is 10.9 Å². The smallest absolute Gasteiger partial charge is 0.320 e. The number of rotatable bonds is 6. The van der Waals surface area contributed by atoms with E-state index in [9.17, 15) is 15.3 Å². The van der Waals surface area contributed by atoms with Crippen LogP contribution in [0.3, 0.4) is 0 Å². The summed E-state index contributed by atoms with van der Waals surface area (Å²) >= 11 is 5.88. The van der Waals surface area contributed by atoms with Gasteiger partial charge in [0.2, 0.25) is 0 Å². The molecular formula is C18H20ClN5O5. The normalized spacial score (nSPS) is 24.3. The van der Waals surface area contributed by atoms with Gasteiger partial charge in [0, 0.05) is 11.4 Å². The van der Waals surface area contributed by atoms with Crippen molar-refractivity contribution in [3.05, 3.63) is 41.2 Å². The molecular weight excluding hydrogens is 402 g/mol. The van der Waals surface area contributed by atoms with Crippen molar-refractivity contribution in [3.63, 3.8) is 0 Å².